The molecule has 2 aromatic heterocycles. The van der Waals surface area contributed by atoms with Crippen LogP contribution in [0.2, 0.25) is 0 Å². The number of thiazole rings is 1. The van der Waals surface area contributed by atoms with Crippen LogP contribution in [0.25, 0.3) is 10.6 Å². The third-order valence-corrected chi connectivity index (χ3v) is 5.81. The van der Waals surface area contributed by atoms with Crippen molar-refractivity contribution in [2.24, 2.45) is 0 Å². The lowest BCUT2D eigenvalue weighted by Crippen LogP contribution is -2.50. The van der Waals surface area contributed by atoms with Crippen LogP contribution in [0.5, 0.6) is 0 Å². The van der Waals surface area contributed by atoms with E-state index in [2.05, 4.69) is 9.97 Å². The minimum atomic E-state index is -4.45. The Hall–Kier alpha value is -3.27. The fourth-order valence-corrected chi connectivity index (χ4v) is 4.07. The minimum Gasteiger partial charge on any atom is -0.335 e. The summed E-state index contributed by atoms with van der Waals surface area (Å²) in [6.07, 6.45) is -1.35. The Morgan fingerprint density at radius 2 is 1.68 bits per heavy atom. The number of halogens is 3. The molecule has 3 heterocycles. The standard InChI is InChI=1S/C21H17F3N4O2S/c22-21(23,24)16-5-1-3-14(11-16)18-26-17(13-31-18)20(30)28-9-7-27(8-10-28)19(29)15-4-2-6-25-12-15/h1-6,11-13H,7-10H2. The Balaban J connectivity index is 1.42. The third kappa shape index (κ3) is 4.58. The molecule has 31 heavy (non-hydrogen) atoms. The molecule has 1 fully saturated rings. The summed E-state index contributed by atoms with van der Waals surface area (Å²) in [4.78, 5) is 36.7. The van der Waals surface area contributed by atoms with Gasteiger partial charge in [0.2, 0.25) is 0 Å². The predicted molar refractivity (Wildman–Crippen MR) is 109 cm³/mol. The molecule has 1 aliphatic rings. The molecular formula is C21H17F3N4O2S. The van der Waals surface area contributed by atoms with Crippen LogP contribution in [0, 0.1) is 0 Å². The molecule has 0 bridgehead atoms. The number of pyridine rings is 1. The van der Waals surface area contributed by atoms with Gasteiger partial charge in [-0.1, -0.05) is 12.1 Å². The van der Waals surface area contributed by atoms with Gasteiger partial charge in [0.15, 0.2) is 0 Å². The molecule has 0 radical (unpaired) electrons. The summed E-state index contributed by atoms with van der Waals surface area (Å²) < 4.78 is 38.8. The van der Waals surface area contributed by atoms with Crippen molar-refractivity contribution in [1.29, 1.82) is 0 Å². The first-order valence-electron chi connectivity index (χ1n) is 9.44. The lowest BCUT2D eigenvalue weighted by atomic mass is 10.1. The van der Waals surface area contributed by atoms with Gasteiger partial charge in [-0.2, -0.15) is 13.2 Å². The van der Waals surface area contributed by atoms with E-state index in [4.69, 9.17) is 0 Å². The SMILES string of the molecule is O=C(c1cccnc1)N1CCN(C(=O)c2csc(-c3cccc(C(F)(F)F)c3)n2)CC1. The molecule has 6 nitrogen and oxygen atoms in total. The van der Waals surface area contributed by atoms with Crippen LogP contribution in [-0.2, 0) is 6.18 Å². The Bertz CT molecular complexity index is 1090. The van der Waals surface area contributed by atoms with E-state index in [0.717, 1.165) is 23.5 Å². The molecule has 1 aliphatic heterocycles. The molecule has 0 atom stereocenters. The molecule has 0 aliphatic carbocycles. The van der Waals surface area contributed by atoms with Crippen molar-refractivity contribution in [3.8, 4) is 10.6 Å². The van der Waals surface area contributed by atoms with Crippen molar-refractivity contribution >= 4 is 23.2 Å². The molecule has 10 heteroatoms. The smallest absolute Gasteiger partial charge is 0.335 e. The maximum Gasteiger partial charge on any atom is 0.416 e. The Morgan fingerprint density at radius 1 is 0.968 bits per heavy atom. The first kappa shape index (κ1) is 21.0. The van der Waals surface area contributed by atoms with E-state index < -0.39 is 11.7 Å². The number of carbonyl (C=O) groups excluding carboxylic acids is 2. The number of hydrogen-bond donors (Lipinski definition) is 0. The van der Waals surface area contributed by atoms with Gasteiger partial charge in [0.25, 0.3) is 11.8 Å². The normalized spacial score (nSPS) is 14.5. The molecule has 4 rings (SSSR count). The van der Waals surface area contributed by atoms with Crippen LogP contribution in [0.15, 0.2) is 54.2 Å². The van der Waals surface area contributed by atoms with Crippen LogP contribution in [0.1, 0.15) is 26.4 Å². The number of nitrogens with zero attached hydrogens (tertiary/aromatic N) is 4. The van der Waals surface area contributed by atoms with Gasteiger partial charge in [0.1, 0.15) is 10.7 Å². The van der Waals surface area contributed by atoms with Gasteiger partial charge < -0.3 is 9.80 Å². The quantitative estimate of drug-likeness (QED) is 0.614. The predicted octanol–water partition coefficient (Wildman–Crippen LogP) is 3.82. The van der Waals surface area contributed by atoms with E-state index in [1.165, 1.54) is 18.3 Å². The molecule has 3 aromatic rings. The molecule has 0 unspecified atom stereocenters. The van der Waals surface area contributed by atoms with Crippen molar-refractivity contribution in [3.05, 3.63) is 71.0 Å². The van der Waals surface area contributed by atoms with E-state index in [1.54, 1.807) is 33.5 Å². The highest BCUT2D eigenvalue weighted by Crippen LogP contribution is 2.33. The second kappa shape index (κ2) is 8.46. The van der Waals surface area contributed by atoms with Gasteiger partial charge >= 0.3 is 6.18 Å². The van der Waals surface area contributed by atoms with E-state index in [9.17, 15) is 22.8 Å². The van der Waals surface area contributed by atoms with Gasteiger partial charge in [-0.25, -0.2) is 4.98 Å². The summed E-state index contributed by atoms with van der Waals surface area (Å²) in [5, 5.41) is 1.89. The van der Waals surface area contributed by atoms with E-state index in [-0.39, 0.29) is 17.5 Å². The summed E-state index contributed by atoms with van der Waals surface area (Å²) in [6.45, 7) is 1.46. The van der Waals surface area contributed by atoms with Crippen molar-refractivity contribution in [3.63, 3.8) is 0 Å². The molecule has 1 saturated heterocycles. The summed E-state index contributed by atoms with van der Waals surface area (Å²) in [6, 6.07) is 8.25. The zero-order valence-electron chi connectivity index (χ0n) is 16.2. The number of hydrogen-bond acceptors (Lipinski definition) is 5. The highest BCUT2D eigenvalue weighted by atomic mass is 32.1. The number of piperazine rings is 1. The Kier molecular flexibility index (Phi) is 5.73. The number of rotatable bonds is 3. The van der Waals surface area contributed by atoms with Crippen molar-refractivity contribution < 1.29 is 22.8 Å². The molecule has 0 saturated carbocycles. The molecule has 1 aromatic carbocycles. The van der Waals surface area contributed by atoms with E-state index in [0.29, 0.717) is 42.3 Å². The average molecular weight is 446 g/mol. The van der Waals surface area contributed by atoms with Gasteiger partial charge in [0, 0.05) is 49.5 Å². The van der Waals surface area contributed by atoms with Crippen LogP contribution < -0.4 is 0 Å². The largest absolute Gasteiger partial charge is 0.416 e. The summed E-state index contributed by atoms with van der Waals surface area (Å²) >= 11 is 1.12. The van der Waals surface area contributed by atoms with Crippen LogP contribution >= 0.6 is 11.3 Å². The summed E-state index contributed by atoms with van der Waals surface area (Å²) in [5.41, 5.74) is 0.227. The number of benzene rings is 1. The maximum atomic E-state index is 12.9. The number of amides is 2. The fourth-order valence-electron chi connectivity index (χ4n) is 3.28. The van der Waals surface area contributed by atoms with E-state index in [1.807, 2.05) is 0 Å². The van der Waals surface area contributed by atoms with Gasteiger partial charge in [-0.05, 0) is 24.3 Å². The monoisotopic (exact) mass is 446 g/mol. The zero-order valence-corrected chi connectivity index (χ0v) is 17.0. The Labute approximate surface area is 180 Å². The molecule has 0 N–H and O–H groups in total. The number of aromatic nitrogens is 2. The second-order valence-corrected chi connectivity index (χ2v) is 7.80. The highest BCUT2D eigenvalue weighted by molar-refractivity contribution is 7.13. The lowest BCUT2D eigenvalue weighted by Gasteiger charge is -2.34. The second-order valence-electron chi connectivity index (χ2n) is 6.94. The molecule has 0 spiro atoms. The Morgan fingerprint density at radius 3 is 2.32 bits per heavy atom. The zero-order chi connectivity index (χ0) is 22.0. The van der Waals surface area contributed by atoms with Crippen LogP contribution in [0.4, 0.5) is 13.2 Å². The van der Waals surface area contributed by atoms with Crippen molar-refractivity contribution in [2.75, 3.05) is 26.2 Å². The average Bonchev–Trinajstić information content (AvgIpc) is 3.29. The highest BCUT2D eigenvalue weighted by Gasteiger charge is 2.31. The van der Waals surface area contributed by atoms with Crippen LogP contribution in [0.3, 0.4) is 0 Å². The fraction of sp³-hybridized carbons (Fsp3) is 0.238. The number of alkyl halides is 3. The topological polar surface area (TPSA) is 66.4 Å². The third-order valence-electron chi connectivity index (χ3n) is 4.92. The lowest BCUT2D eigenvalue weighted by molar-refractivity contribution is -0.137. The minimum absolute atomic E-state index is 0.138. The van der Waals surface area contributed by atoms with E-state index >= 15 is 0 Å². The first-order chi connectivity index (χ1) is 14.8. The van der Waals surface area contributed by atoms with Gasteiger partial charge in [-0.3, -0.25) is 14.6 Å². The summed E-state index contributed by atoms with van der Waals surface area (Å²) in [5.74, 6) is -0.441. The van der Waals surface area contributed by atoms with Crippen molar-refractivity contribution in [2.45, 2.75) is 6.18 Å². The van der Waals surface area contributed by atoms with Crippen molar-refractivity contribution in [1.82, 2.24) is 19.8 Å². The van der Waals surface area contributed by atoms with Gasteiger partial charge in [-0.15, -0.1) is 11.3 Å². The molecular weight excluding hydrogens is 429 g/mol. The van der Waals surface area contributed by atoms with Gasteiger partial charge in [0.05, 0.1) is 11.1 Å². The number of carbonyl (C=O) groups is 2. The molecule has 2 amide bonds. The summed E-state index contributed by atoms with van der Waals surface area (Å²) in [7, 11) is 0. The first-order valence-corrected chi connectivity index (χ1v) is 10.3. The maximum absolute atomic E-state index is 12.9. The molecule has 160 valence electrons. The van der Waals surface area contributed by atoms with Crippen LogP contribution in [-0.4, -0.2) is 57.8 Å².